The standard InChI is InChI=1S/C23H23N2O5P/c1-25(2)19-14-12-18(13-15-19)22(24-23(26)28-16-17-8-4-3-5-9-17)31(27)29-20-10-6-7-11-21(20)30-31/h3-15,22H,16H2,1-2H3,(H,24,26). The second-order valence-corrected chi connectivity index (χ2v) is 9.22. The number of hydrogen-bond donors (Lipinski definition) is 1. The molecular weight excluding hydrogens is 415 g/mol. The van der Waals surface area contributed by atoms with E-state index >= 15 is 0 Å². The van der Waals surface area contributed by atoms with Crippen molar-refractivity contribution >= 4 is 19.4 Å². The zero-order valence-corrected chi connectivity index (χ0v) is 18.1. The molecule has 7 nitrogen and oxygen atoms in total. The molecule has 1 aliphatic heterocycles. The number of carbonyl (C=O) groups is 1. The largest absolute Gasteiger partial charge is 0.457 e. The molecule has 1 amide bonds. The van der Waals surface area contributed by atoms with Crippen molar-refractivity contribution in [2.24, 2.45) is 0 Å². The molecule has 8 heteroatoms. The molecule has 1 unspecified atom stereocenters. The van der Waals surface area contributed by atoms with Crippen LogP contribution < -0.4 is 19.3 Å². The summed E-state index contributed by atoms with van der Waals surface area (Å²) in [4.78, 5) is 14.5. The van der Waals surface area contributed by atoms with Crippen molar-refractivity contribution in [2.45, 2.75) is 12.4 Å². The monoisotopic (exact) mass is 438 g/mol. The Morgan fingerprint density at radius 3 is 2.10 bits per heavy atom. The lowest BCUT2D eigenvalue weighted by Crippen LogP contribution is -2.30. The van der Waals surface area contributed by atoms with Crippen LogP contribution in [0, 0.1) is 0 Å². The van der Waals surface area contributed by atoms with Crippen LogP contribution in [-0.4, -0.2) is 20.2 Å². The maximum atomic E-state index is 13.7. The van der Waals surface area contributed by atoms with Gasteiger partial charge in [-0.25, -0.2) is 9.36 Å². The molecule has 1 aliphatic rings. The number of benzene rings is 3. The summed E-state index contributed by atoms with van der Waals surface area (Å²) >= 11 is 0. The molecule has 1 heterocycles. The Bertz CT molecular complexity index is 1070. The van der Waals surface area contributed by atoms with Crippen LogP contribution in [0.3, 0.4) is 0 Å². The van der Waals surface area contributed by atoms with Crippen molar-refractivity contribution in [3.05, 3.63) is 90.0 Å². The number of ether oxygens (including phenoxy) is 1. The van der Waals surface area contributed by atoms with Crippen LogP contribution in [0.25, 0.3) is 0 Å². The van der Waals surface area contributed by atoms with E-state index in [-0.39, 0.29) is 6.61 Å². The van der Waals surface area contributed by atoms with Gasteiger partial charge in [0, 0.05) is 19.8 Å². The minimum absolute atomic E-state index is 0.0885. The van der Waals surface area contributed by atoms with Crippen LogP contribution in [0.1, 0.15) is 16.9 Å². The van der Waals surface area contributed by atoms with E-state index in [2.05, 4.69) is 5.32 Å². The molecule has 0 aliphatic carbocycles. The molecule has 0 radical (unpaired) electrons. The van der Waals surface area contributed by atoms with E-state index < -0.39 is 19.5 Å². The van der Waals surface area contributed by atoms with Gasteiger partial charge in [0.25, 0.3) is 0 Å². The Morgan fingerprint density at radius 2 is 1.52 bits per heavy atom. The molecule has 0 bridgehead atoms. The molecule has 3 aromatic rings. The molecule has 1 N–H and O–H groups in total. The van der Waals surface area contributed by atoms with Crippen molar-refractivity contribution in [1.82, 2.24) is 5.32 Å². The van der Waals surface area contributed by atoms with Gasteiger partial charge < -0.3 is 24.0 Å². The fourth-order valence-corrected chi connectivity index (χ4v) is 5.07. The first-order chi connectivity index (χ1) is 14.9. The summed E-state index contributed by atoms with van der Waals surface area (Å²) in [5, 5.41) is 2.68. The Labute approximate surface area is 181 Å². The van der Waals surface area contributed by atoms with Gasteiger partial charge in [0.15, 0.2) is 17.3 Å². The van der Waals surface area contributed by atoms with E-state index in [0.717, 1.165) is 11.3 Å². The maximum Gasteiger partial charge on any atom is 0.457 e. The molecule has 4 rings (SSSR count). The molecule has 1 atom stereocenters. The third-order valence-electron chi connectivity index (χ3n) is 4.81. The van der Waals surface area contributed by atoms with Crippen molar-refractivity contribution in [3.63, 3.8) is 0 Å². The SMILES string of the molecule is CN(C)c1ccc(C(NC(=O)OCc2ccccc2)P2(=O)Oc3ccccc3O2)cc1. The lowest BCUT2D eigenvalue weighted by Gasteiger charge is -2.23. The summed E-state index contributed by atoms with van der Waals surface area (Å²) in [5.74, 6) is -0.292. The van der Waals surface area contributed by atoms with Gasteiger partial charge in [0.05, 0.1) is 0 Å². The molecular formula is C23H23N2O5P. The average Bonchev–Trinajstić information content (AvgIpc) is 3.14. The Hall–Kier alpha value is -3.44. The van der Waals surface area contributed by atoms with Gasteiger partial charge in [-0.1, -0.05) is 54.6 Å². The van der Waals surface area contributed by atoms with Gasteiger partial charge in [-0.15, -0.1) is 0 Å². The first-order valence-electron chi connectivity index (χ1n) is 9.77. The van der Waals surface area contributed by atoms with E-state index in [1.807, 2.05) is 61.5 Å². The second kappa shape index (κ2) is 8.74. The van der Waals surface area contributed by atoms with E-state index in [0.29, 0.717) is 17.1 Å². The van der Waals surface area contributed by atoms with E-state index in [1.54, 1.807) is 36.4 Å². The van der Waals surface area contributed by atoms with Gasteiger partial charge in [-0.2, -0.15) is 0 Å². The molecule has 160 valence electrons. The zero-order valence-electron chi connectivity index (χ0n) is 17.2. The summed E-state index contributed by atoms with van der Waals surface area (Å²) in [6, 6.07) is 23.5. The van der Waals surface area contributed by atoms with Gasteiger partial charge in [0.1, 0.15) is 6.61 Å². The van der Waals surface area contributed by atoms with Crippen molar-refractivity contribution < 1.29 is 23.1 Å². The predicted octanol–water partition coefficient (Wildman–Crippen LogP) is 5.34. The molecule has 0 spiro atoms. The highest BCUT2D eigenvalue weighted by atomic mass is 31.2. The smallest absolute Gasteiger partial charge is 0.445 e. The van der Waals surface area contributed by atoms with Crippen LogP contribution in [0.5, 0.6) is 11.5 Å². The van der Waals surface area contributed by atoms with Crippen molar-refractivity contribution in [3.8, 4) is 11.5 Å². The van der Waals surface area contributed by atoms with Crippen LogP contribution in [-0.2, 0) is 15.9 Å². The second-order valence-electron chi connectivity index (χ2n) is 7.26. The first kappa shape index (κ1) is 20.8. The Kier molecular flexibility index (Phi) is 5.87. The third kappa shape index (κ3) is 4.67. The topological polar surface area (TPSA) is 77.1 Å². The van der Waals surface area contributed by atoms with Crippen LogP contribution in [0.2, 0.25) is 0 Å². The minimum Gasteiger partial charge on any atom is -0.445 e. The van der Waals surface area contributed by atoms with Gasteiger partial charge in [-0.05, 0) is 35.4 Å². The van der Waals surface area contributed by atoms with Gasteiger partial charge in [0.2, 0.25) is 0 Å². The lowest BCUT2D eigenvalue weighted by molar-refractivity contribution is 0.137. The van der Waals surface area contributed by atoms with Crippen LogP contribution in [0.15, 0.2) is 78.9 Å². The number of nitrogens with zero attached hydrogens (tertiary/aromatic N) is 1. The number of hydrogen-bond acceptors (Lipinski definition) is 6. The quantitative estimate of drug-likeness (QED) is 0.524. The fourth-order valence-electron chi connectivity index (χ4n) is 3.18. The molecule has 31 heavy (non-hydrogen) atoms. The number of alkyl carbamates (subject to hydrolysis) is 1. The first-order valence-corrected chi connectivity index (χ1v) is 11.4. The normalized spacial score (nSPS) is 14.5. The maximum absolute atomic E-state index is 13.7. The van der Waals surface area contributed by atoms with Gasteiger partial charge in [-0.3, -0.25) is 0 Å². The number of fused-ring (bicyclic) bond motifs is 1. The molecule has 3 aromatic carbocycles. The Morgan fingerprint density at radius 1 is 0.935 bits per heavy atom. The van der Waals surface area contributed by atoms with Crippen LogP contribution >= 0.6 is 7.60 Å². The highest BCUT2D eigenvalue weighted by Gasteiger charge is 2.46. The van der Waals surface area contributed by atoms with Crippen molar-refractivity contribution in [2.75, 3.05) is 19.0 Å². The van der Waals surface area contributed by atoms with E-state index in [9.17, 15) is 9.36 Å². The summed E-state index contributed by atoms with van der Waals surface area (Å²) in [6.45, 7) is 0.0885. The number of anilines is 1. The molecule has 0 fully saturated rings. The third-order valence-corrected chi connectivity index (χ3v) is 6.77. The fraction of sp³-hybridized carbons (Fsp3) is 0.174. The molecule has 0 saturated carbocycles. The zero-order chi connectivity index (χ0) is 21.8. The minimum atomic E-state index is -3.80. The summed E-state index contributed by atoms with van der Waals surface area (Å²) in [6.07, 6.45) is -0.719. The number of para-hydroxylation sites is 2. The predicted molar refractivity (Wildman–Crippen MR) is 119 cm³/mol. The number of nitrogens with one attached hydrogen (secondary N) is 1. The van der Waals surface area contributed by atoms with Gasteiger partial charge >= 0.3 is 13.7 Å². The lowest BCUT2D eigenvalue weighted by atomic mass is 10.2. The molecule has 0 saturated heterocycles. The highest BCUT2D eigenvalue weighted by Crippen LogP contribution is 2.65. The number of rotatable bonds is 6. The average molecular weight is 438 g/mol. The summed E-state index contributed by atoms with van der Waals surface area (Å²) < 4.78 is 30.4. The summed E-state index contributed by atoms with van der Waals surface area (Å²) in [7, 11) is 0.0506. The van der Waals surface area contributed by atoms with Crippen molar-refractivity contribution in [1.29, 1.82) is 0 Å². The number of carbonyl (C=O) groups excluding carboxylic acids is 1. The highest BCUT2D eigenvalue weighted by molar-refractivity contribution is 7.55. The summed E-state index contributed by atoms with van der Waals surface area (Å²) in [5.41, 5.74) is 2.39. The Balaban J connectivity index is 1.57. The molecule has 0 aromatic heterocycles. The number of amides is 1. The van der Waals surface area contributed by atoms with Crippen LogP contribution in [0.4, 0.5) is 10.5 Å². The van der Waals surface area contributed by atoms with E-state index in [4.69, 9.17) is 13.8 Å². The van der Waals surface area contributed by atoms with E-state index in [1.165, 1.54) is 0 Å².